The summed E-state index contributed by atoms with van der Waals surface area (Å²) >= 11 is 0. The van der Waals surface area contributed by atoms with E-state index in [1.54, 1.807) is 4.90 Å². The summed E-state index contributed by atoms with van der Waals surface area (Å²) < 4.78 is 47.1. The molecule has 0 radical (unpaired) electrons. The number of rotatable bonds is 14. The molecule has 0 spiro atoms. The number of hydrogen-bond donors (Lipinski definition) is 0. The van der Waals surface area contributed by atoms with Gasteiger partial charge in [-0.15, -0.1) is 0 Å². The van der Waals surface area contributed by atoms with E-state index in [0.717, 1.165) is 12.0 Å². The van der Waals surface area contributed by atoms with E-state index >= 15 is 4.39 Å². The molecule has 4 aliphatic rings. The molecule has 3 aromatic rings. The van der Waals surface area contributed by atoms with E-state index in [9.17, 15) is 9.59 Å². The second-order valence-corrected chi connectivity index (χ2v) is 23.5. The minimum absolute atomic E-state index is 0.0455. The summed E-state index contributed by atoms with van der Waals surface area (Å²) in [4.78, 5) is 32.8. The zero-order chi connectivity index (χ0) is 41.9. The quantitative estimate of drug-likeness (QED) is 0.123. The van der Waals surface area contributed by atoms with Crippen molar-refractivity contribution in [1.29, 1.82) is 0 Å². The molecule has 5 atom stereocenters. The van der Waals surface area contributed by atoms with Gasteiger partial charge in [0.1, 0.15) is 18.4 Å². The number of halogens is 1. The first kappa shape index (κ1) is 43.3. The minimum Gasteiger partial charge on any atom is -0.445 e. The predicted octanol–water partition coefficient (Wildman–Crippen LogP) is 7.33. The number of ether oxygens (including phenoxy) is 4. The number of fused-ring (bicyclic) bond motifs is 3. The molecule has 0 saturated carbocycles. The number of alkyl halides is 1. The van der Waals surface area contributed by atoms with Crippen LogP contribution in [0, 0.1) is 0 Å². The van der Waals surface area contributed by atoms with Crippen molar-refractivity contribution < 1.29 is 37.4 Å². The Labute approximate surface area is 351 Å². The Morgan fingerprint density at radius 3 is 2.05 bits per heavy atom. The Morgan fingerprint density at radius 1 is 0.780 bits per heavy atom. The van der Waals surface area contributed by atoms with Gasteiger partial charge in [-0.05, 0) is 67.4 Å². The van der Waals surface area contributed by atoms with Crippen molar-refractivity contribution in [3.8, 4) is 0 Å². The Morgan fingerprint density at radius 2 is 1.42 bits per heavy atom. The third-order valence-corrected chi connectivity index (χ3v) is 17.6. The molecular formula is C47H64FN3O7Si. The number of likely N-dealkylation sites (tertiary alicyclic amines) is 1. The van der Waals surface area contributed by atoms with Crippen LogP contribution < -0.4 is 10.4 Å². The SMILES string of the molecule is CC(C)(C)OC(=O)N1C2CCC1(COCCCO[C@H]1CN3C[C@H](F)C[C@]3(CO[Si](c3ccccc3)(c3ccccc3)C(C)(C)C)C1)CN(C(=O)OCc1ccccc1)C2. The Hall–Kier alpha value is -3.81. The number of hydrogen-bond acceptors (Lipinski definition) is 8. The second kappa shape index (κ2) is 17.7. The van der Waals surface area contributed by atoms with Crippen molar-refractivity contribution in [2.75, 3.05) is 52.6 Å². The van der Waals surface area contributed by atoms with E-state index in [4.69, 9.17) is 23.4 Å². The lowest BCUT2D eigenvalue weighted by atomic mass is 9.94. The standard InChI is InChI=1S/C47H64FN3O7Si/c1-44(2,3)58-43(53)51-38-23-24-46(51,33-49(30-38)42(52)56-32-36-17-10-7-11-18-36)34-54-25-16-26-55-39-28-47(27-37(48)29-50(47)31-39)35-57-59(45(4,5)6,40-19-12-8-13-20-40)41-21-14-9-15-22-41/h7-15,17-22,37-39H,16,23-35H2,1-6H3/t37-,38?,39-,46?,47-/m1/s1. The van der Waals surface area contributed by atoms with Crippen molar-refractivity contribution in [2.24, 2.45) is 0 Å². The maximum absolute atomic E-state index is 15.3. The molecule has 4 saturated heterocycles. The average Bonchev–Trinajstić information content (AvgIpc) is 3.77. The highest BCUT2D eigenvalue weighted by atomic mass is 28.4. The van der Waals surface area contributed by atoms with Gasteiger partial charge in [-0.1, -0.05) is 112 Å². The lowest BCUT2D eigenvalue weighted by molar-refractivity contribution is -0.0636. The molecule has 320 valence electrons. The summed E-state index contributed by atoms with van der Waals surface area (Å²) in [6, 6.07) is 30.7. The maximum Gasteiger partial charge on any atom is 0.411 e. The molecule has 12 heteroatoms. The van der Waals surface area contributed by atoms with Crippen LogP contribution in [0.2, 0.25) is 5.04 Å². The smallest absolute Gasteiger partial charge is 0.411 e. The van der Waals surface area contributed by atoms with Gasteiger partial charge in [0.05, 0.1) is 30.9 Å². The van der Waals surface area contributed by atoms with E-state index in [0.29, 0.717) is 71.7 Å². The Balaban J connectivity index is 0.961. The van der Waals surface area contributed by atoms with Crippen LogP contribution in [-0.2, 0) is 30.0 Å². The number of carbonyl (C=O) groups is 2. The van der Waals surface area contributed by atoms with Crippen molar-refractivity contribution in [2.45, 2.75) is 120 Å². The van der Waals surface area contributed by atoms with E-state index in [1.807, 2.05) is 68.1 Å². The Bertz CT molecular complexity index is 1820. The van der Waals surface area contributed by atoms with E-state index in [-0.39, 0.29) is 36.5 Å². The fraction of sp³-hybridized carbons (Fsp3) is 0.574. The summed E-state index contributed by atoms with van der Waals surface area (Å²) in [6.07, 6.45) is 1.51. The first-order valence-electron chi connectivity index (χ1n) is 21.4. The van der Waals surface area contributed by atoms with Crippen LogP contribution in [0.5, 0.6) is 0 Å². The van der Waals surface area contributed by atoms with Crippen LogP contribution in [0.3, 0.4) is 0 Å². The summed E-state index contributed by atoms with van der Waals surface area (Å²) in [5.74, 6) is 0. The molecule has 2 bridgehead atoms. The largest absolute Gasteiger partial charge is 0.445 e. The molecule has 4 aliphatic heterocycles. The molecule has 10 nitrogen and oxygen atoms in total. The van der Waals surface area contributed by atoms with Crippen molar-refractivity contribution >= 4 is 30.9 Å². The molecule has 2 amide bonds. The van der Waals surface area contributed by atoms with Crippen molar-refractivity contribution in [3.05, 3.63) is 96.6 Å². The van der Waals surface area contributed by atoms with Crippen LogP contribution in [0.25, 0.3) is 0 Å². The van der Waals surface area contributed by atoms with Crippen LogP contribution in [0.1, 0.15) is 79.2 Å². The van der Waals surface area contributed by atoms with Crippen molar-refractivity contribution in [1.82, 2.24) is 14.7 Å². The highest BCUT2D eigenvalue weighted by Crippen LogP contribution is 2.45. The topological polar surface area (TPSA) is 90.0 Å². The Kier molecular flexibility index (Phi) is 12.9. The molecule has 59 heavy (non-hydrogen) atoms. The van der Waals surface area contributed by atoms with Gasteiger partial charge in [0, 0.05) is 51.4 Å². The summed E-state index contributed by atoms with van der Waals surface area (Å²) in [5.41, 5.74) is -0.908. The van der Waals surface area contributed by atoms with Gasteiger partial charge in [-0.25, -0.2) is 14.0 Å². The zero-order valence-corrected chi connectivity index (χ0v) is 36.9. The maximum atomic E-state index is 15.3. The first-order valence-corrected chi connectivity index (χ1v) is 23.4. The summed E-state index contributed by atoms with van der Waals surface area (Å²) in [6.45, 7) is 16.0. The normalized spacial score (nSPS) is 25.9. The fourth-order valence-electron chi connectivity index (χ4n) is 10.1. The fourth-order valence-corrected chi connectivity index (χ4v) is 14.8. The predicted molar refractivity (Wildman–Crippen MR) is 229 cm³/mol. The number of carbonyl (C=O) groups excluding carboxylic acids is 2. The number of amides is 2. The van der Waals surface area contributed by atoms with Crippen LogP contribution in [0.4, 0.5) is 14.0 Å². The monoisotopic (exact) mass is 829 g/mol. The van der Waals surface area contributed by atoms with E-state index in [1.165, 1.54) is 10.4 Å². The second-order valence-electron chi connectivity index (χ2n) is 19.2. The van der Waals surface area contributed by atoms with Crippen LogP contribution in [0.15, 0.2) is 91.0 Å². The molecule has 0 aliphatic carbocycles. The van der Waals surface area contributed by atoms with Crippen molar-refractivity contribution in [3.63, 3.8) is 0 Å². The number of nitrogens with zero attached hydrogens (tertiary/aromatic N) is 3. The van der Waals surface area contributed by atoms with Gasteiger partial charge in [-0.2, -0.15) is 0 Å². The zero-order valence-electron chi connectivity index (χ0n) is 35.9. The van der Waals surface area contributed by atoms with Gasteiger partial charge in [0.15, 0.2) is 0 Å². The molecule has 2 unspecified atom stereocenters. The van der Waals surface area contributed by atoms with Gasteiger partial charge in [0.2, 0.25) is 0 Å². The van der Waals surface area contributed by atoms with Crippen LogP contribution >= 0.6 is 0 Å². The third-order valence-electron chi connectivity index (χ3n) is 12.6. The molecule has 4 heterocycles. The first-order chi connectivity index (χ1) is 28.1. The van der Waals surface area contributed by atoms with Gasteiger partial charge >= 0.3 is 12.2 Å². The molecule has 7 rings (SSSR count). The number of piperazine rings is 1. The lowest BCUT2D eigenvalue weighted by Crippen LogP contribution is -2.68. The highest BCUT2D eigenvalue weighted by molar-refractivity contribution is 6.99. The number of benzene rings is 3. The third kappa shape index (κ3) is 9.42. The summed E-state index contributed by atoms with van der Waals surface area (Å²) in [7, 11) is -2.81. The molecule has 0 N–H and O–H groups in total. The van der Waals surface area contributed by atoms with E-state index in [2.05, 4.69) is 74.2 Å². The van der Waals surface area contributed by atoms with E-state index < -0.39 is 37.3 Å². The molecule has 4 fully saturated rings. The van der Waals surface area contributed by atoms with Crippen LogP contribution in [-0.4, -0.2) is 123 Å². The van der Waals surface area contributed by atoms with Gasteiger partial charge < -0.3 is 28.3 Å². The minimum atomic E-state index is -2.81. The lowest BCUT2D eigenvalue weighted by Gasteiger charge is -2.48. The summed E-state index contributed by atoms with van der Waals surface area (Å²) in [5, 5.41) is 2.25. The van der Waals surface area contributed by atoms with Gasteiger partial charge in [-0.3, -0.25) is 9.80 Å². The van der Waals surface area contributed by atoms with Gasteiger partial charge in [0.25, 0.3) is 8.32 Å². The average molecular weight is 830 g/mol. The molecule has 3 aromatic carbocycles. The molecule has 0 aromatic heterocycles. The highest BCUT2D eigenvalue weighted by Gasteiger charge is 2.58. The molecular weight excluding hydrogens is 766 g/mol.